The Labute approximate surface area is 145 Å². The van der Waals surface area contributed by atoms with Crippen molar-refractivity contribution in [2.75, 3.05) is 11.5 Å². The Balaban J connectivity index is 1.50. The summed E-state index contributed by atoms with van der Waals surface area (Å²) in [4.78, 5) is 25.9. The Hall–Kier alpha value is -1.41. The minimum absolute atomic E-state index is 0.0597. The minimum Gasteiger partial charge on any atom is -0.273 e. The van der Waals surface area contributed by atoms with Gasteiger partial charge in [0.15, 0.2) is 9.84 Å². The standard InChI is InChI=1S/C16H22N2O4S2/c1-10-2-3-13-12(6-10)8-14(23-13)16(20)18-17-15(19)7-11-4-5-24(21,22)9-11/h8,10-11H,2-7,9H2,1H3,(H,17,19)(H,18,20)/t10-,11-/m0/s1. The summed E-state index contributed by atoms with van der Waals surface area (Å²) in [5.74, 6) is 0.0448. The molecule has 2 N–H and O–H groups in total. The molecule has 1 aromatic rings. The van der Waals surface area contributed by atoms with Gasteiger partial charge in [-0.25, -0.2) is 8.42 Å². The van der Waals surface area contributed by atoms with Crippen molar-refractivity contribution >= 4 is 33.0 Å². The lowest BCUT2D eigenvalue weighted by Crippen LogP contribution is -2.42. The van der Waals surface area contributed by atoms with Crippen LogP contribution >= 0.6 is 11.3 Å². The SMILES string of the molecule is C[C@H]1CCc2sc(C(=O)NNC(=O)C[C@@H]3CCS(=O)(=O)C3)cc2C1. The van der Waals surface area contributed by atoms with E-state index in [4.69, 9.17) is 0 Å². The Morgan fingerprint density at radius 2 is 2.08 bits per heavy atom. The maximum Gasteiger partial charge on any atom is 0.279 e. The third-order valence-corrected chi connectivity index (χ3v) is 7.74. The highest BCUT2D eigenvalue weighted by atomic mass is 32.2. The molecule has 132 valence electrons. The lowest BCUT2D eigenvalue weighted by molar-refractivity contribution is -0.122. The number of carbonyl (C=O) groups excluding carboxylic acids is 2. The van der Waals surface area contributed by atoms with E-state index in [2.05, 4.69) is 17.8 Å². The minimum atomic E-state index is -2.99. The Bertz CT molecular complexity index is 754. The maximum atomic E-state index is 12.2. The summed E-state index contributed by atoms with van der Waals surface area (Å²) in [5, 5.41) is 0. The predicted octanol–water partition coefficient (Wildman–Crippen LogP) is 1.46. The summed E-state index contributed by atoms with van der Waals surface area (Å²) in [6, 6.07) is 1.92. The molecule has 0 radical (unpaired) electrons. The Morgan fingerprint density at radius 3 is 2.79 bits per heavy atom. The highest BCUT2D eigenvalue weighted by Gasteiger charge is 2.29. The number of rotatable bonds is 3. The van der Waals surface area contributed by atoms with E-state index in [-0.39, 0.29) is 35.7 Å². The van der Waals surface area contributed by atoms with Crippen molar-refractivity contribution in [3.05, 3.63) is 21.4 Å². The number of fused-ring (bicyclic) bond motifs is 1. The van der Waals surface area contributed by atoms with Gasteiger partial charge in [0.2, 0.25) is 5.91 Å². The summed E-state index contributed by atoms with van der Waals surface area (Å²) < 4.78 is 22.8. The third-order valence-electron chi connectivity index (χ3n) is 4.67. The van der Waals surface area contributed by atoms with Crippen molar-refractivity contribution in [1.82, 2.24) is 10.9 Å². The summed E-state index contributed by atoms with van der Waals surface area (Å²) in [6.45, 7) is 2.21. The first-order valence-corrected chi connectivity index (χ1v) is 10.9. The van der Waals surface area contributed by atoms with Crippen molar-refractivity contribution in [3.8, 4) is 0 Å². The van der Waals surface area contributed by atoms with Crippen LogP contribution in [0.25, 0.3) is 0 Å². The smallest absolute Gasteiger partial charge is 0.273 e. The molecule has 2 heterocycles. The maximum absolute atomic E-state index is 12.2. The van der Waals surface area contributed by atoms with E-state index in [0.29, 0.717) is 17.2 Å². The summed E-state index contributed by atoms with van der Waals surface area (Å²) in [6.07, 6.45) is 3.80. The molecule has 0 aromatic carbocycles. The van der Waals surface area contributed by atoms with E-state index in [1.807, 2.05) is 6.07 Å². The Kier molecular flexibility index (Phi) is 4.96. The van der Waals surface area contributed by atoms with Crippen molar-refractivity contribution in [2.24, 2.45) is 11.8 Å². The molecular weight excluding hydrogens is 348 g/mol. The van der Waals surface area contributed by atoms with E-state index >= 15 is 0 Å². The van der Waals surface area contributed by atoms with Gasteiger partial charge in [-0.05, 0) is 49.1 Å². The molecule has 1 aliphatic carbocycles. The van der Waals surface area contributed by atoms with Crippen molar-refractivity contribution in [1.29, 1.82) is 0 Å². The number of sulfone groups is 1. The lowest BCUT2D eigenvalue weighted by Gasteiger charge is -2.16. The molecule has 3 rings (SSSR count). The predicted molar refractivity (Wildman–Crippen MR) is 92.5 cm³/mol. The van der Waals surface area contributed by atoms with Gasteiger partial charge in [-0.1, -0.05) is 6.92 Å². The van der Waals surface area contributed by atoms with Crippen LogP contribution in [0.15, 0.2) is 6.07 Å². The van der Waals surface area contributed by atoms with E-state index in [1.54, 1.807) is 0 Å². The molecule has 1 fully saturated rings. The summed E-state index contributed by atoms with van der Waals surface area (Å²) >= 11 is 1.49. The molecule has 1 saturated heterocycles. The average molecular weight is 370 g/mol. The molecule has 8 heteroatoms. The molecule has 1 aliphatic heterocycles. The number of amides is 2. The topological polar surface area (TPSA) is 92.3 Å². The first-order valence-electron chi connectivity index (χ1n) is 8.23. The van der Waals surface area contributed by atoms with Gasteiger partial charge in [-0.3, -0.25) is 20.4 Å². The van der Waals surface area contributed by atoms with E-state index in [0.717, 1.165) is 19.3 Å². The van der Waals surface area contributed by atoms with Crippen LogP contribution < -0.4 is 10.9 Å². The number of thiophene rings is 1. The van der Waals surface area contributed by atoms with E-state index in [9.17, 15) is 18.0 Å². The van der Waals surface area contributed by atoms with Gasteiger partial charge in [0, 0.05) is 11.3 Å². The van der Waals surface area contributed by atoms with Gasteiger partial charge in [0.1, 0.15) is 0 Å². The van der Waals surface area contributed by atoms with E-state index in [1.165, 1.54) is 21.8 Å². The number of hydrogen-bond acceptors (Lipinski definition) is 5. The monoisotopic (exact) mass is 370 g/mol. The zero-order valence-electron chi connectivity index (χ0n) is 13.6. The lowest BCUT2D eigenvalue weighted by atomic mass is 9.90. The number of hydrogen-bond donors (Lipinski definition) is 2. The molecule has 0 spiro atoms. The number of hydrazine groups is 1. The van der Waals surface area contributed by atoms with Gasteiger partial charge in [-0.2, -0.15) is 0 Å². The van der Waals surface area contributed by atoms with Crippen LogP contribution in [0.5, 0.6) is 0 Å². The molecule has 6 nitrogen and oxygen atoms in total. The second-order valence-electron chi connectivity index (χ2n) is 6.88. The number of aryl methyl sites for hydroxylation is 1. The largest absolute Gasteiger partial charge is 0.279 e. The second-order valence-corrected chi connectivity index (χ2v) is 10.2. The zero-order chi connectivity index (χ0) is 17.3. The molecule has 24 heavy (non-hydrogen) atoms. The molecule has 1 aromatic heterocycles. The highest BCUT2D eigenvalue weighted by Crippen LogP contribution is 2.32. The molecule has 0 saturated carbocycles. The quantitative estimate of drug-likeness (QED) is 0.788. The van der Waals surface area contributed by atoms with Crippen LogP contribution in [-0.4, -0.2) is 31.7 Å². The van der Waals surface area contributed by atoms with Crippen molar-refractivity contribution < 1.29 is 18.0 Å². The van der Waals surface area contributed by atoms with E-state index < -0.39 is 9.84 Å². The van der Waals surface area contributed by atoms with Gasteiger partial charge >= 0.3 is 0 Å². The van der Waals surface area contributed by atoms with Gasteiger partial charge in [0.05, 0.1) is 16.4 Å². The molecule has 2 aliphatic rings. The van der Waals surface area contributed by atoms with Crippen molar-refractivity contribution in [3.63, 3.8) is 0 Å². The third kappa shape index (κ3) is 4.16. The van der Waals surface area contributed by atoms with Crippen LogP contribution in [0.3, 0.4) is 0 Å². The van der Waals surface area contributed by atoms with Crippen molar-refractivity contribution in [2.45, 2.75) is 39.0 Å². The average Bonchev–Trinajstić information content (AvgIpc) is 3.07. The van der Waals surface area contributed by atoms with Gasteiger partial charge in [-0.15, -0.1) is 11.3 Å². The first kappa shape index (κ1) is 17.4. The fourth-order valence-corrected chi connectivity index (χ4v) is 6.32. The van der Waals surface area contributed by atoms with Crippen LogP contribution in [0, 0.1) is 11.8 Å². The number of carbonyl (C=O) groups is 2. The highest BCUT2D eigenvalue weighted by molar-refractivity contribution is 7.91. The van der Waals surface area contributed by atoms with Crippen LogP contribution in [-0.2, 0) is 27.5 Å². The number of nitrogens with one attached hydrogen (secondary N) is 2. The van der Waals surface area contributed by atoms with Crippen LogP contribution in [0.2, 0.25) is 0 Å². The van der Waals surface area contributed by atoms with Crippen LogP contribution in [0.1, 0.15) is 46.3 Å². The van der Waals surface area contributed by atoms with Gasteiger partial charge in [0.25, 0.3) is 5.91 Å². The first-order chi connectivity index (χ1) is 11.3. The fraction of sp³-hybridized carbons (Fsp3) is 0.625. The Morgan fingerprint density at radius 1 is 1.29 bits per heavy atom. The molecule has 0 bridgehead atoms. The zero-order valence-corrected chi connectivity index (χ0v) is 15.3. The molecule has 2 atom stereocenters. The van der Waals surface area contributed by atoms with Gasteiger partial charge < -0.3 is 0 Å². The summed E-state index contributed by atoms with van der Waals surface area (Å²) in [5.41, 5.74) is 6.08. The normalized spacial score (nSPS) is 25.0. The second kappa shape index (κ2) is 6.84. The fourth-order valence-electron chi connectivity index (χ4n) is 3.35. The van der Waals surface area contributed by atoms with Crippen LogP contribution in [0.4, 0.5) is 0 Å². The molecule has 0 unspecified atom stereocenters. The molecule has 2 amide bonds. The molecular formula is C16H22N2O4S2. The summed E-state index contributed by atoms with van der Waals surface area (Å²) in [7, 11) is -2.99.